The van der Waals surface area contributed by atoms with Gasteiger partial charge in [-0.3, -0.25) is 4.99 Å². The van der Waals surface area contributed by atoms with Gasteiger partial charge in [-0.1, -0.05) is 6.07 Å². The van der Waals surface area contributed by atoms with E-state index in [4.69, 9.17) is 4.42 Å². The molecule has 0 radical (unpaired) electrons. The predicted octanol–water partition coefficient (Wildman–Crippen LogP) is 2.81. The van der Waals surface area contributed by atoms with E-state index in [2.05, 4.69) is 37.2 Å². The van der Waals surface area contributed by atoms with E-state index in [1.165, 1.54) is 5.56 Å². The zero-order valence-corrected chi connectivity index (χ0v) is 17.4. The molecule has 1 N–H and O–H groups in total. The summed E-state index contributed by atoms with van der Waals surface area (Å²) in [6.45, 7) is 8.46. The van der Waals surface area contributed by atoms with Crippen molar-refractivity contribution in [3.05, 3.63) is 47.5 Å². The van der Waals surface area contributed by atoms with E-state index >= 15 is 0 Å². The highest BCUT2D eigenvalue weighted by Crippen LogP contribution is 2.14. The van der Waals surface area contributed by atoms with Crippen LogP contribution in [0.3, 0.4) is 0 Å². The number of rotatable bonds is 3. The second-order valence-corrected chi connectivity index (χ2v) is 6.00. The summed E-state index contributed by atoms with van der Waals surface area (Å²) in [5, 5.41) is 3.45. The Morgan fingerprint density at radius 2 is 2.00 bits per heavy atom. The largest absolute Gasteiger partial charge is 0.466 e. The molecule has 0 spiro atoms. The SMILES string of the molecule is CN=C(NCc1cc(C)oc1C)N1CCN(c2ccccn2)CC1.I. The second-order valence-electron chi connectivity index (χ2n) is 6.00. The highest BCUT2D eigenvalue weighted by Gasteiger charge is 2.20. The molecular weight excluding hydrogens is 429 g/mol. The highest BCUT2D eigenvalue weighted by atomic mass is 127. The maximum atomic E-state index is 5.58. The van der Waals surface area contributed by atoms with E-state index in [9.17, 15) is 0 Å². The van der Waals surface area contributed by atoms with Crippen LogP contribution in [-0.2, 0) is 6.54 Å². The summed E-state index contributed by atoms with van der Waals surface area (Å²) >= 11 is 0. The summed E-state index contributed by atoms with van der Waals surface area (Å²) in [6, 6.07) is 8.12. The highest BCUT2D eigenvalue weighted by molar-refractivity contribution is 14.0. The van der Waals surface area contributed by atoms with Crippen molar-refractivity contribution >= 4 is 35.8 Å². The van der Waals surface area contributed by atoms with Gasteiger partial charge in [0.1, 0.15) is 17.3 Å². The number of halogens is 1. The first-order valence-electron chi connectivity index (χ1n) is 8.35. The van der Waals surface area contributed by atoms with Crippen LogP contribution in [0.1, 0.15) is 17.1 Å². The molecule has 1 aliphatic rings. The molecule has 3 rings (SSSR count). The van der Waals surface area contributed by atoms with Gasteiger partial charge in [0.2, 0.25) is 0 Å². The quantitative estimate of drug-likeness (QED) is 0.439. The summed E-state index contributed by atoms with van der Waals surface area (Å²) in [4.78, 5) is 13.5. The number of nitrogens with one attached hydrogen (secondary N) is 1. The maximum Gasteiger partial charge on any atom is 0.194 e. The molecule has 7 heteroatoms. The van der Waals surface area contributed by atoms with Gasteiger partial charge in [-0.15, -0.1) is 24.0 Å². The van der Waals surface area contributed by atoms with E-state index in [0.717, 1.165) is 56.0 Å². The number of aryl methyl sites for hydroxylation is 2. The van der Waals surface area contributed by atoms with Gasteiger partial charge in [-0.2, -0.15) is 0 Å². The number of piperazine rings is 1. The lowest BCUT2D eigenvalue weighted by Crippen LogP contribution is -2.52. The zero-order chi connectivity index (χ0) is 16.9. The average Bonchev–Trinajstić information content (AvgIpc) is 2.94. The summed E-state index contributed by atoms with van der Waals surface area (Å²) in [5.41, 5.74) is 1.18. The minimum atomic E-state index is 0. The van der Waals surface area contributed by atoms with E-state index in [1.807, 2.05) is 39.2 Å². The summed E-state index contributed by atoms with van der Waals surface area (Å²) in [5.74, 6) is 3.90. The number of aliphatic imine (C=N–C) groups is 1. The van der Waals surface area contributed by atoms with E-state index in [-0.39, 0.29) is 24.0 Å². The minimum Gasteiger partial charge on any atom is -0.466 e. The third kappa shape index (κ3) is 4.87. The molecule has 2 aromatic rings. The van der Waals surface area contributed by atoms with Gasteiger partial charge in [0.05, 0.1) is 0 Å². The first-order chi connectivity index (χ1) is 11.7. The maximum absolute atomic E-state index is 5.58. The summed E-state index contributed by atoms with van der Waals surface area (Å²) < 4.78 is 5.58. The normalized spacial score (nSPS) is 15.1. The van der Waals surface area contributed by atoms with Crippen molar-refractivity contribution in [2.75, 3.05) is 38.1 Å². The molecule has 0 atom stereocenters. The van der Waals surface area contributed by atoms with Gasteiger partial charge < -0.3 is 19.5 Å². The number of anilines is 1. The molecule has 136 valence electrons. The molecule has 0 amide bonds. The second kappa shape index (κ2) is 9.07. The average molecular weight is 455 g/mol. The van der Waals surface area contributed by atoms with Crippen molar-refractivity contribution in [2.24, 2.45) is 4.99 Å². The van der Waals surface area contributed by atoms with Crippen LogP contribution in [0.4, 0.5) is 5.82 Å². The van der Waals surface area contributed by atoms with E-state index in [1.54, 1.807) is 0 Å². The Balaban J connectivity index is 0.00000225. The molecule has 0 aromatic carbocycles. The Kier molecular flexibility index (Phi) is 7.10. The smallest absolute Gasteiger partial charge is 0.194 e. The lowest BCUT2D eigenvalue weighted by molar-refractivity contribution is 0.371. The third-order valence-electron chi connectivity index (χ3n) is 4.35. The predicted molar refractivity (Wildman–Crippen MR) is 112 cm³/mol. The lowest BCUT2D eigenvalue weighted by Gasteiger charge is -2.37. The number of nitrogens with zero attached hydrogens (tertiary/aromatic N) is 4. The van der Waals surface area contributed by atoms with Crippen molar-refractivity contribution in [1.29, 1.82) is 0 Å². The Morgan fingerprint density at radius 3 is 2.56 bits per heavy atom. The molecule has 6 nitrogen and oxygen atoms in total. The van der Waals surface area contributed by atoms with Gasteiger partial charge in [0.15, 0.2) is 5.96 Å². The molecule has 0 aliphatic carbocycles. The molecule has 0 bridgehead atoms. The fourth-order valence-electron chi connectivity index (χ4n) is 3.05. The van der Waals surface area contributed by atoms with Crippen molar-refractivity contribution in [1.82, 2.24) is 15.2 Å². The number of hydrogen-bond acceptors (Lipinski definition) is 4. The van der Waals surface area contributed by atoms with Crippen LogP contribution in [0.5, 0.6) is 0 Å². The van der Waals surface area contributed by atoms with E-state index in [0.29, 0.717) is 0 Å². The first kappa shape index (κ1) is 19.6. The number of aromatic nitrogens is 1. The van der Waals surface area contributed by atoms with Crippen LogP contribution in [0.15, 0.2) is 39.9 Å². The molecule has 0 saturated carbocycles. The van der Waals surface area contributed by atoms with Crippen LogP contribution in [0.2, 0.25) is 0 Å². The number of guanidine groups is 1. The number of furan rings is 1. The molecule has 1 saturated heterocycles. The minimum absolute atomic E-state index is 0. The monoisotopic (exact) mass is 455 g/mol. The van der Waals surface area contributed by atoms with Crippen LogP contribution < -0.4 is 10.2 Å². The molecule has 3 heterocycles. The summed E-state index contributed by atoms with van der Waals surface area (Å²) in [6.07, 6.45) is 1.84. The van der Waals surface area contributed by atoms with Gasteiger partial charge in [0, 0.05) is 51.5 Å². The van der Waals surface area contributed by atoms with E-state index < -0.39 is 0 Å². The van der Waals surface area contributed by atoms with Crippen LogP contribution in [0.25, 0.3) is 0 Å². The molecular formula is C18H26IN5O. The molecule has 1 fully saturated rings. The Morgan fingerprint density at radius 1 is 1.24 bits per heavy atom. The zero-order valence-electron chi connectivity index (χ0n) is 15.0. The van der Waals surface area contributed by atoms with Crippen molar-refractivity contribution in [3.63, 3.8) is 0 Å². The van der Waals surface area contributed by atoms with Crippen molar-refractivity contribution in [3.8, 4) is 0 Å². The fraction of sp³-hybridized carbons (Fsp3) is 0.444. The van der Waals surface area contributed by atoms with Crippen molar-refractivity contribution in [2.45, 2.75) is 20.4 Å². The Bertz CT molecular complexity index is 693. The topological polar surface area (TPSA) is 56.9 Å². The lowest BCUT2D eigenvalue weighted by atomic mass is 10.2. The Labute approximate surface area is 166 Å². The van der Waals surface area contributed by atoms with Gasteiger partial charge in [-0.25, -0.2) is 4.98 Å². The van der Waals surface area contributed by atoms with Crippen LogP contribution in [-0.4, -0.2) is 49.1 Å². The Hall–Kier alpha value is -1.77. The molecule has 2 aromatic heterocycles. The molecule has 0 unspecified atom stereocenters. The van der Waals surface area contributed by atoms with Gasteiger partial charge >= 0.3 is 0 Å². The van der Waals surface area contributed by atoms with Gasteiger partial charge in [0.25, 0.3) is 0 Å². The third-order valence-corrected chi connectivity index (χ3v) is 4.35. The summed E-state index contributed by atoms with van der Waals surface area (Å²) in [7, 11) is 1.83. The molecule has 25 heavy (non-hydrogen) atoms. The van der Waals surface area contributed by atoms with Gasteiger partial charge in [-0.05, 0) is 32.0 Å². The number of hydrogen-bond donors (Lipinski definition) is 1. The van der Waals surface area contributed by atoms with Crippen molar-refractivity contribution < 1.29 is 4.42 Å². The first-order valence-corrected chi connectivity index (χ1v) is 8.35. The standard InChI is InChI=1S/C18H25N5O.HI/c1-14-12-16(15(2)24-14)13-21-18(19-3)23-10-8-22(9-11-23)17-6-4-5-7-20-17;/h4-7,12H,8-11,13H2,1-3H3,(H,19,21);1H. The van der Waals surface area contributed by atoms with Crippen LogP contribution in [0, 0.1) is 13.8 Å². The number of pyridine rings is 1. The van der Waals surface area contributed by atoms with Crippen LogP contribution >= 0.6 is 24.0 Å². The molecule has 1 aliphatic heterocycles. The fourth-order valence-corrected chi connectivity index (χ4v) is 3.05.